The Balaban J connectivity index is 1.33. The SMILES string of the molecule is O=C(NCCCCCN(Nc1ccncc1)c1cc(=O)c1=O)NOC1CCCCC1. The number of pyridine rings is 1. The molecule has 1 aliphatic rings. The largest absolute Gasteiger partial charge is 0.338 e. The van der Waals surface area contributed by atoms with Gasteiger partial charge in [0.1, 0.15) is 5.69 Å². The molecule has 1 heterocycles. The lowest BCUT2D eigenvalue weighted by atomic mass is 9.98. The van der Waals surface area contributed by atoms with Gasteiger partial charge >= 0.3 is 6.03 Å². The summed E-state index contributed by atoms with van der Waals surface area (Å²) < 4.78 is 0. The van der Waals surface area contributed by atoms with Gasteiger partial charge < -0.3 is 5.32 Å². The first-order chi connectivity index (χ1) is 14.6. The van der Waals surface area contributed by atoms with Gasteiger partial charge in [-0.3, -0.25) is 29.8 Å². The highest BCUT2D eigenvalue weighted by atomic mass is 16.7. The molecule has 2 aromatic rings. The van der Waals surface area contributed by atoms with Crippen molar-refractivity contribution in [1.82, 2.24) is 15.8 Å². The van der Waals surface area contributed by atoms with Crippen molar-refractivity contribution >= 4 is 17.4 Å². The van der Waals surface area contributed by atoms with E-state index in [0.29, 0.717) is 18.8 Å². The number of hydrogen-bond acceptors (Lipinski definition) is 7. The smallest absolute Gasteiger partial charge is 0.336 e. The van der Waals surface area contributed by atoms with Crippen LogP contribution < -0.4 is 32.1 Å². The number of amides is 2. The number of rotatable bonds is 11. The highest BCUT2D eigenvalue weighted by molar-refractivity contribution is 5.72. The second-order valence-electron chi connectivity index (χ2n) is 7.52. The van der Waals surface area contributed by atoms with Gasteiger partial charge in [0.05, 0.1) is 11.8 Å². The van der Waals surface area contributed by atoms with Crippen LogP contribution in [0.15, 0.2) is 40.2 Å². The zero-order valence-corrected chi connectivity index (χ0v) is 17.1. The Morgan fingerprint density at radius 3 is 2.57 bits per heavy atom. The highest BCUT2D eigenvalue weighted by Gasteiger charge is 2.17. The first-order valence-electron chi connectivity index (χ1n) is 10.6. The van der Waals surface area contributed by atoms with Crippen molar-refractivity contribution in [2.75, 3.05) is 23.5 Å². The van der Waals surface area contributed by atoms with Crippen LogP contribution in [0.2, 0.25) is 0 Å². The first-order valence-corrected chi connectivity index (χ1v) is 10.6. The lowest BCUT2D eigenvalue weighted by molar-refractivity contribution is -0.0224. The summed E-state index contributed by atoms with van der Waals surface area (Å²) in [6, 6.07) is 4.60. The van der Waals surface area contributed by atoms with Crippen LogP contribution in [-0.4, -0.2) is 30.2 Å². The molecule has 162 valence electrons. The van der Waals surface area contributed by atoms with Gasteiger partial charge in [-0.15, -0.1) is 0 Å². The Morgan fingerprint density at radius 1 is 1.10 bits per heavy atom. The minimum atomic E-state index is -0.479. The van der Waals surface area contributed by atoms with E-state index in [0.717, 1.165) is 50.6 Å². The van der Waals surface area contributed by atoms with Crippen LogP contribution in [0, 0.1) is 0 Å². The molecule has 1 aliphatic carbocycles. The molecular formula is C21H29N5O4. The molecule has 30 heavy (non-hydrogen) atoms. The molecule has 0 saturated heterocycles. The van der Waals surface area contributed by atoms with Crippen molar-refractivity contribution < 1.29 is 9.63 Å². The minimum absolute atomic E-state index is 0.124. The van der Waals surface area contributed by atoms with E-state index in [4.69, 9.17) is 4.84 Å². The number of anilines is 2. The fourth-order valence-corrected chi connectivity index (χ4v) is 3.45. The van der Waals surface area contributed by atoms with Gasteiger partial charge in [0, 0.05) is 31.5 Å². The Labute approximate surface area is 175 Å². The standard InChI is InChI=1S/C21H29N5O4/c27-19-15-18(20(19)28)26(24-16-9-12-22-13-10-16)14-6-2-5-11-23-21(29)25-30-17-7-3-1-4-8-17/h9-10,12-13,15,17H,1-8,11,14H2,(H,22,24)(H2,23,25,29). The third-order valence-electron chi connectivity index (χ3n) is 5.17. The van der Waals surface area contributed by atoms with Gasteiger partial charge in [-0.1, -0.05) is 19.3 Å². The molecule has 0 unspecified atom stereocenters. The molecule has 9 nitrogen and oxygen atoms in total. The van der Waals surface area contributed by atoms with Gasteiger partial charge in [-0.25, -0.2) is 10.3 Å². The molecule has 9 heteroatoms. The van der Waals surface area contributed by atoms with Crippen molar-refractivity contribution in [3.8, 4) is 0 Å². The van der Waals surface area contributed by atoms with Crippen LogP contribution in [-0.2, 0) is 4.84 Å². The average molecular weight is 415 g/mol. The molecule has 1 aromatic heterocycles. The van der Waals surface area contributed by atoms with Crippen LogP contribution in [0.4, 0.5) is 16.2 Å². The number of aromatic nitrogens is 1. The fraction of sp³-hybridized carbons (Fsp3) is 0.524. The zero-order valence-electron chi connectivity index (χ0n) is 17.1. The first kappa shape index (κ1) is 21.8. The summed E-state index contributed by atoms with van der Waals surface area (Å²) in [5.41, 5.74) is 5.82. The number of hydroxylamine groups is 1. The molecular weight excluding hydrogens is 386 g/mol. The third-order valence-corrected chi connectivity index (χ3v) is 5.17. The summed E-state index contributed by atoms with van der Waals surface area (Å²) in [5, 5.41) is 4.48. The maximum atomic E-state index is 11.8. The highest BCUT2D eigenvalue weighted by Crippen LogP contribution is 2.19. The van der Waals surface area contributed by atoms with Crippen molar-refractivity contribution in [1.29, 1.82) is 0 Å². The molecule has 0 atom stereocenters. The number of nitrogens with one attached hydrogen (secondary N) is 3. The van der Waals surface area contributed by atoms with Gasteiger partial charge in [0.2, 0.25) is 5.43 Å². The minimum Gasteiger partial charge on any atom is -0.336 e. The summed E-state index contributed by atoms with van der Waals surface area (Å²) in [4.78, 5) is 44.3. The quantitative estimate of drug-likeness (QED) is 0.293. The molecule has 0 bridgehead atoms. The van der Waals surface area contributed by atoms with Crippen LogP contribution >= 0.6 is 0 Å². The number of unbranched alkanes of at least 4 members (excludes halogenated alkanes) is 2. The maximum Gasteiger partial charge on any atom is 0.338 e. The zero-order chi connectivity index (χ0) is 21.2. The van der Waals surface area contributed by atoms with E-state index < -0.39 is 10.9 Å². The lowest BCUT2D eigenvalue weighted by Crippen LogP contribution is -2.42. The predicted octanol–water partition coefficient (Wildman–Crippen LogP) is 2.24. The third kappa shape index (κ3) is 6.55. The second-order valence-corrected chi connectivity index (χ2v) is 7.52. The number of carbonyl (C=O) groups excluding carboxylic acids is 1. The molecule has 0 aliphatic heterocycles. The number of carbonyl (C=O) groups is 1. The van der Waals surface area contributed by atoms with E-state index in [1.54, 1.807) is 29.5 Å². The summed E-state index contributed by atoms with van der Waals surface area (Å²) in [5.74, 6) is 0. The van der Waals surface area contributed by atoms with Gasteiger partial charge in [-0.05, 0) is 44.2 Å². The number of nitrogens with zero attached hydrogens (tertiary/aromatic N) is 2. The van der Waals surface area contributed by atoms with Gasteiger partial charge in [-0.2, -0.15) is 0 Å². The molecule has 2 amide bonds. The summed E-state index contributed by atoms with van der Waals surface area (Å²) in [7, 11) is 0. The Bertz CT molecular complexity index is 860. The van der Waals surface area contributed by atoms with Crippen molar-refractivity contribution in [3.63, 3.8) is 0 Å². The normalized spacial score (nSPS) is 14.4. The number of urea groups is 1. The van der Waals surface area contributed by atoms with E-state index >= 15 is 0 Å². The molecule has 1 fully saturated rings. The average Bonchev–Trinajstić information content (AvgIpc) is 2.78. The van der Waals surface area contributed by atoms with E-state index in [1.807, 2.05) is 0 Å². The Kier molecular flexibility index (Phi) is 8.20. The van der Waals surface area contributed by atoms with Crippen LogP contribution in [0.3, 0.4) is 0 Å². The summed E-state index contributed by atoms with van der Waals surface area (Å²) >= 11 is 0. The molecule has 3 rings (SSSR count). The molecule has 0 spiro atoms. The maximum absolute atomic E-state index is 11.8. The van der Waals surface area contributed by atoms with E-state index in [2.05, 4.69) is 21.2 Å². The lowest BCUT2D eigenvalue weighted by Gasteiger charge is -2.26. The van der Waals surface area contributed by atoms with Crippen molar-refractivity contribution in [2.24, 2.45) is 0 Å². The summed E-state index contributed by atoms with van der Waals surface area (Å²) in [6.07, 6.45) is 11.4. The number of hydrogen-bond donors (Lipinski definition) is 3. The molecule has 1 saturated carbocycles. The fourth-order valence-electron chi connectivity index (χ4n) is 3.45. The summed E-state index contributed by atoms with van der Waals surface area (Å²) in [6.45, 7) is 1.10. The monoisotopic (exact) mass is 415 g/mol. The van der Waals surface area contributed by atoms with Crippen LogP contribution in [0.25, 0.3) is 0 Å². The molecule has 0 radical (unpaired) electrons. The van der Waals surface area contributed by atoms with E-state index in [1.165, 1.54) is 12.5 Å². The molecule has 1 aromatic carbocycles. The predicted molar refractivity (Wildman–Crippen MR) is 115 cm³/mol. The van der Waals surface area contributed by atoms with E-state index in [-0.39, 0.29) is 12.1 Å². The van der Waals surface area contributed by atoms with Gasteiger partial charge in [0.15, 0.2) is 0 Å². The van der Waals surface area contributed by atoms with Crippen molar-refractivity contribution in [2.45, 2.75) is 57.5 Å². The van der Waals surface area contributed by atoms with E-state index in [9.17, 15) is 14.4 Å². The Morgan fingerprint density at radius 2 is 1.87 bits per heavy atom. The Hall–Kier alpha value is -2.94. The van der Waals surface area contributed by atoms with Gasteiger partial charge in [0.25, 0.3) is 5.43 Å². The second kappa shape index (κ2) is 11.3. The topological polar surface area (TPSA) is 113 Å². The van der Waals surface area contributed by atoms with Crippen molar-refractivity contribution in [3.05, 3.63) is 51.0 Å². The van der Waals surface area contributed by atoms with Crippen LogP contribution in [0.5, 0.6) is 0 Å². The molecule has 3 N–H and O–H groups in total. The number of hydrazine groups is 1. The van der Waals surface area contributed by atoms with Crippen LogP contribution in [0.1, 0.15) is 51.4 Å².